The monoisotopic (exact) mass is 221 g/mol. The van der Waals surface area contributed by atoms with Crippen molar-refractivity contribution in [3.05, 3.63) is 0 Å². The van der Waals surface area contributed by atoms with Gasteiger partial charge in [-0.05, 0) is 37.0 Å². The van der Waals surface area contributed by atoms with Gasteiger partial charge in [0.2, 0.25) is 0 Å². The first kappa shape index (κ1) is 10.8. The molecule has 1 heterocycles. The van der Waals surface area contributed by atoms with Gasteiger partial charge in [0, 0.05) is 32.0 Å². The molecule has 1 saturated heterocycles. The van der Waals surface area contributed by atoms with Crippen molar-refractivity contribution >= 4 is 5.78 Å². The van der Waals surface area contributed by atoms with E-state index >= 15 is 0 Å². The van der Waals surface area contributed by atoms with Crippen LogP contribution < -0.4 is 0 Å². The second-order valence-corrected chi connectivity index (χ2v) is 6.31. The number of fused-ring (bicyclic) bond motifs is 2. The Morgan fingerprint density at radius 3 is 2.81 bits per heavy atom. The zero-order valence-corrected chi connectivity index (χ0v) is 10.3. The number of rotatable bonds is 2. The summed E-state index contributed by atoms with van der Waals surface area (Å²) < 4.78 is 0. The van der Waals surface area contributed by atoms with Crippen molar-refractivity contribution in [2.45, 2.75) is 39.0 Å². The summed E-state index contributed by atoms with van der Waals surface area (Å²) in [4.78, 5) is 14.0. The highest BCUT2D eigenvalue weighted by molar-refractivity contribution is 5.81. The van der Waals surface area contributed by atoms with E-state index in [-0.39, 0.29) is 5.92 Å². The molecule has 4 atom stereocenters. The summed E-state index contributed by atoms with van der Waals surface area (Å²) >= 11 is 0. The summed E-state index contributed by atoms with van der Waals surface area (Å²) in [6.07, 6.45) is 6.76. The van der Waals surface area contributed by atoms with Crippen LogP contribution in [0.3, 0.4) is 0 Å². The van der Waals surface area contributed by atoms with E-state index in [0.29, 0.717) is 5.78 Å². The van der Waals surface area contributed by atoms with Gasteiger partial charge in [-0.3, -0.25) is 4.79 Å². The quantitative estimate of drug-likeness (QED) is 0.713. The summed E-state index contributed by atoms with van der Waals surface area (Å²) in [7, 11) is 0. The van der Waals surface area contributed by atoms with Crippen molar-refractivity contribution in [3.8, 4) is 0 Å². The number of piperidine rings is 1. The van der Waals surface area contributed by atoms with E-state index in [0.717, 1.165) is 37.3 Å². The lowest BCUT2D eigenvalue weighted by molar-refractivity contribution is -0.125. The largest absolute Gasteiger partial charge is 0.302 e. The molecule has 2 heteroatoms. The predicted octanol–water partition coefficient (Wildman–Crippen LogP) is 2.33. The molecule has 1 aliphatic heterocycles. The fourth-order valence-electron chi connectivity index (χ4n) is 4.19. The molecule has 0 spiro atoms. The molecule has 90 valence electrons. The highest BCUT2D eigenvalue weighted by Crippen LogP contribution is 2.48. The van der Waals surface area contributed by atoms with Crippen molar-refractivity contribution in [2.24, 2.45) is 23.7 Å². The van der Waals surface area contributed by atoms with Crippen molar-refractivity contribution < 1.29 is 4.79 Å². The average molecular weight is 221 g/mol. The zero-order valence-electron chi connectivity index (χ0n) is 10.3. The Kier molecular flexibility index (Phi) is 2.78. The topological polar surface area (TPSA) is 20.3 Å². The second-order valence-electron chi connectivity index (χ2n) is 6.31. The van der Waals surface area contributed by atoms with Crippen LogP contribution in [-0.4, -0.2) is 30.3 Å². The van der Waals surface area contributed by atoms with E-state index in [1.165, 1.54) is 32.2 Å². The Morgan fingerprint density at radius 2 is 2.19 bits per heavy atom. The maximum Gasteiger partial charge on any atom is 0.138 e. The number of carbonyl (C=O) groups excluding carboxylic acids is 1. The fraction of sp³-hybridized carbons (Fsp3) is 0.929. The van der Waals surface area contributed by atoms with Gasteiger partial charge in [0.15, 0.2) is 0 Å². The maximum absolute atomic E-state index is 11.5. The van der Waals surface area contributed by atoms with E-state index in [1.807, 2.05) is 0 Å². The van der Waals surface area contributed by atoms with Crippen LogP contribution in [0, 0.1) is 23.7 Å². The standard InChI is InChI=1S/C14H23NO/c1-10-8-15(5-4-14(10)16)9-13-7-11-2-3-12(13)6-11/h10-13H,2-9H2,1H3. The molecule has 2 aliphatic carbocycles. The molecule has 0 aromatic heterocycles. The Hall–Kier alpha value is -0.370. The van der Waals surface area contributed by atoms with Gasteiger partial charge in [0.05, 0.1) is 0 Å². The van der Waals surface area contributed by atoms with Crippen LogP contribution >= 0.6 is 0 Å². The molecule has 0 aromatic rings. The van der Waals surface area contributed by atoms with E-state index in [2.05, 4.69) is 11.8 Å². The highest BCUT2D eigenvalue weighted by Gasteiger charge is 2.40. The van der Waals surface area contributed by atoms with Gasteiger partial charge in [-0.15, -0.1) is 0 Å². The highest BCUT2D eigenvalue weighted by atomic mass is 16.1. The third-order valence-electron chi connectivity index (χ3n) is 5.13. The van der Waals surface area contributed by atoms with Gasteiger partial charge in [-0.2, -0.15) is 0 Å². The number of ketones is 1. The third kappa shape index (κ3) is 1.92. The van der Waals surface area contributed by atoms with Crippen LogP contribution in [0.2, 0.25) is 0 Å². The Labute approximate surface area is 98.4 Å². The molecule has 0 radical (unpaired) electrons. The summed E-state index contributed by atoms with van der Waals surface area (Å²) in [6, 6.07) is 0. The fourth-order valence-corrected chi connectivity index (χ4v) is 4.19. The molecule has 3 aliphatic rings. The minimum Gasteiger partial charge on any atom is -0.302 e. The number of nitrogens with zero attached hydrogens (tertiary/aromatic N) is 1. The molecule has 3 rings (SSSR count). The molecular weight excluding hydrogens is 198 g/mol. The molecule has 2 saturated carbocycles. The van der Waals surface area contributed by atoms with E-state index in [9.17, 15) is 4.79 Å². The molecule has 2 bridgehead atoms. The van der Waals surface area contributed by atoms with Crippen LogP contribution in [0.4, 0.5) is 0 Å². The molecule has 4 unspecified atom stereocenters. The summed E-state index contributed by atoms with van der Waals surface area (Å²) in [6.45, 7) is 5.41. The first-order chi connectivity index (χ1) is 7.72. The lowest BCUT2D eigenvalue weighted by atomic mass is 9.87. The molecule has 0 aromatic carbocycles. The summed E-state index contributed by atoms with van der Waals surface area (Å²) in [5, 5.41) is 0. The number of hydrogen-bond acceptors (Lipinski definition) is 2. The minimum atomic E-state index is 0.285. The van der Waals surface area contributed by atoms with Crippen molar-refractivity contribution in [3.63, 3.8) is 0 Å². The van der Waals surface area contributed by atoms with Crippen LogP contribution in [0.25, 0.3) is 0 Å². The normalized spacial score (nSPS) is 44.2. The maximum atomic E-state index is 11.5. The van der Waals surface area contributed by atoms with E-state index in [4.69, 9.17) is 0 Å². The lowest BCUT2D eigenvalue weighted by Crippen LogP contribution is -2.42. The summed E-state index contributed by atoms with van der Waals surface area (Å²) in [5.74, 6) is 3.80. The van der Waals surface area contributed by atoms with Gasteiger partial charge in [0.25, 0.3) is 0 Å². The Bertz CT molecular complexity index is 288. The Morgan fingerprint density at radius 1 is 1.31 bits per heavy atom. The van der Waals surface area contributed by atoms with Crippen molar-refractivity contribution in [1.29, 1.82) is 0 Å². The number of carbonyl (C=O) groups is 1. The SMILES string of the molecule is CC1CN(CC2CC3CCC2C3)CCC1=O. The van der Waals surface area contributed by atoms with Gasteiger partial charge in [-0.25, -0.2) is 0 Å². The van der Waals surface area contributed by atoms with Gasteiger partial charge in [0.1, 0.15) is 5.78 Å². The average Bonchev–Trinajstić information content (AvgIpc) is 2.85. The first-order valence-corrected chi connectivity index (χ1v) is 6.97. The van der Waals surface area contributed by atoms with Crippen LogP contribution in [-0.2, 0) is 4.79 Å². The first-order valence-electron chi connectivity index (χ1n) is 6.97. The smallest absolute Gasteiger partial charge is 0.138 e. The van der Waals surface area contributed by atoms with Crippen molar-refractivity contribution in [1.82, 2.24) is 4.90 Å². The van der Waals surface area contributed by atoms with Crippen LogP contribution in [0.5, 0.6) is 0 Å². The van der Waals surface area contributed by atoms with Gasteiger partial charge in [-0.1, -0.05) is 13.3 Å². The molecular formula is C14H23NO. The lowest BCUT2D eigenvalue weighted by Gasteiger charge is -2.34. The summed E-state index contributed by atoms with van der Waals surface area (Å²) in [5.41, 5.74) is 0. The Balaban J connectivity index is 1.54. The minimum absolute atomic E-state index is 0.285. The molecule has 0 amide bonds. The number of likely N-dealkylation sites (tertiary alicyclic amines) is 1. The van der Waals surface area contributed by atoms with Gasteiger partial charge >= 0.3 is 0 Å². The third-order valence-corrected chi connectivity index (χ3v) is 5.13. The molecule has 2 nitrogen and oxygen atoms in total. The molecule has 3 fully saturated rings. The van der Waals surface area contributed by atoms with Gasteiger partial charge < -0.3 is 4.90 Å². The van der Waals surface area contributed by atoms with Crippen LogP contribution in [0.15, 0.2) is 0 Å². The van der Waals surface area contributed by atoms with Crippen LogP contribution in [0.1, 0.15) is 39.0 Å². The van der Waals surface area contributed by atoms with E-state index < -0.39 is 0 Å². The second kappa shape index (κ2) is 4.14. The predicted molar refractivity (Wildman–Crippen MR) is 64.2 cm³/mol. The molecule has 16 heavy (non-hydrogen) atoms. The van der Waals surface area contributed by atoms with E-state index in [1.54, 1.807) is 0 Å². The zero-order chi connectivity index (χ0) is 11.1. The molecule has 0 N–H and O–H groups in total. The number of Topliss-reactive ketones (excluding diaryl/α,β-unsaturated/α-hetero) is 1. The number of hydrogen-bond donors (Lipinski definition) is 0. The van der Waals surface area contributed by atoms with Crippen molar-refractivity contribution in [2.75, 3.05) is 19.6 Å².